The van der Waals surface area contributed by atoms with E-state index in [0.717, 1.165) is 43.2 Å². The molecule has 2 aliphatic carbocycles. The molecule has 10 heteroatoms. The molecule has 4 rings (SSSR count). The van der Waals surface area contributed by atoms with Crippen LogP contribution in [0.15, 0.2) is 49.6 Å². The maximum absolute atomic E-state index is 14.5. The zero-order valence-electron chi connectivity index (χ0n) is 27.3. The van der Waals surface area contributed by atoms with Crippen LogP contribution in [0, 0.1) is 17.8 Å². The van der Waals surface area contributed by atoms with Crippen LogP contribution in [0.3, 0.4) is 0 Å². The van der Waals surface area contributed by atoms with Gasteiger partial charge < -0.3 is 25.6 Å². The molecule has 0 spiro atoms. The number of Topliss-reactive ketones (excluding diaryl/α,β-unsaturated/α-hetero) is 1. The summed E-state index contributed by atoms with van der Waals surface area (Å²) < 4.78 is 5.78. The number of ether oxygens (including phenoxy) is 1. The van der Waals surface area contributed by atoms with Crippen molar-refractivity contribution in [3.63, 3.8) is 0 Å². The Hall–Kier alpha value is -3.95. The maximum atomic E-state index is 14.5. The third-order valence-corrected chi connectivity index (χ3v) is 9.70. The monoisotopic (exact) mass is 634 g/mol. The molecule has 4 atom stereocenters. The average molecular weight is 635 g/mol. The SMILES string of the molecule is C=CCCC(NC(=O)[C@@H]1[C@@H](C(C)C)CCN1C(=O)[C@@H](NC(=O)OC1CCCCC1)C1Cc2ccccc2C1)C(=O)C(=O)NCC=C. The van der Waals surface area contributed by atoms with Crippen LogP contribution in [-0.2, 0) is 36.8 Å². The molecule has 1 aromatic carbocycles. The van der Waals surface area contributed by atoms with Crippen LogP contribution in [0.5, 0.6) is 0 Å². The van der Waals surface area contributed by atoms with Gasteiger partial charge in [-0.2, -0.15) is 0 Å². The van der Waals surface area contributed by atoms with Gasteiger partial charge >= 0.3 is 6.09 Å². The first-order valence-electron chi connectivity index (χ1n) is 16.8. The summed E-state index contributed by atoms with van der Waals surface area (Å²) in [5, 5.41) is 8.23. The molecule has 4 amide bonds. The first-order chi connectivity index (χ1) is 22.1. The van der Waals surface area contributed by atoms with E-state index >= 15 is 0 Å². The second kappa shape index (κ2) is 16.6. The number of rotatable bonds is 14. The van der Waals surface area contributed by atoms with Crippen molar-refractivity contribution in [3.8, 4) is 0 Å². The summed E-state index contributed by atoms with van der Waals surface area (Å²) >= 11 is 0. The van der Waals surface area contributed by atoms with Crippen molar-refractivity contribution in [2.24, 2.45) is 17.8 Å². The van der Waals surface area contributed by atoms with Crippen molar-refractivity contribution in [2.45, 2.75) is 102 Å². The molecule has 1 heterocycles. The summed E-state index contributed by atoms with van der Waals surface area (Å²) in [5.41, 5.74) is 2.28. The van der Waals surface area contributed by atoms with Gasteiger partial charge in [-0.1, -0.05) is 56.7 Å². The topological polar surface area (TPSA) is 134 Å². The fraction of sp³-hybridized carbons (Fsp3) is 0.583. The maximum Gasteiger partial charge on any atom is 0.408 e. The Morgan fingerprint density at radius 1 is 0.957 bits per heavy atom. The molecule has 10 nitrogen and oxygen atoms in total. The standard InChI is InChI=1S/C36H50N4O6/c1-5-7-17-29(32(41)34(43)37-19-6-2)38-33(42)31-28(23(3)4)18-20-40(31)35(44)30(26-21-24-13-11-12-14-25(24)22-26)39-36(45)46-27-15-9-8-10-16-27/h5-6,11-14,23,26-31H,1-2,7-10,15-22H2,3-4H3,(H,37,43)(H,38,42)(H,39,45)/t28-,29?,30+,31+/m1/s1. The fourth-order valence-electron chi connectivity index (χ4n) is 7.20. The van der Waals surface area contributed by atoms with Crippen LogP contribution in [-0.4, -0.2) is 71.8 Å². The number of carbonyl (C=O) groups is 5. The van der Waals surface area contributed by atoms with Crippen molar-refractivity contribution in [1.82, 2.24) is 20.9 Å². The molecule has 1 saturated carbocycles. The number of hydrogen-bond donors (Lipinski definition) is 3. The highest BCUT2D eigenvalue weighted by molar-refractivity contribution is 6.38. The number of ketones is 1. The number of nitrogens with one attached hydrogen (secondary N) is 3. The summed E-state index contributed by atoms with van der Waals surface area (Å²) in [4.78, 5) is 69.0. The van der Waals surface area contributed by atoms with Crippen LogP contribution in [0.25, 0.3) is 0 Å². The molecule has 0 aromatic heterocycles. The molecule has 1 aromatic rings. The van der Waals surface area contributed by atoms with E-state index in [4.69, 9.17) is 4.74 Å². The van der Waals surface area contributed by atoms with Gasteiger partial charge in [0, 0.05) is 13.1 Å². The number of amides is 4. The summed E-state index contributed by atoms with van der Waals surface area (Å²) in [7, 11) is 0. The molecular formula is C36H50N4O6. The Bertz CT molecular complexity index is 1260. The van der Waals surface area contributed by atoms with Crippen LogP contribution in [0.1, 0.15) is 76.3 Å². The minimum Gasteiger partial charge on any atom is -0.446 e. The predicted molar refractivity (Wildman–Crippen MR) is 176 cm³/mol. The van der Waals surface area contributed by atoms with E-state index in [2.05, 4.69) is 29.1 Å². The second-order valence-corrected chi connectivity index (χ2v) is 13.2. The zero-order valence-corrected chi connectivity index (χ0v) is 27.3. The van der Waals surface area contributed by atoms with Crippen LogP contribution in [0.2, 0.25) is 0 Å². The van der Waals surface area contributed by atoms with Gasteiger partial charge in [0.05, 0.1) is 6.04 Å². The minimum atomic E-state index is -1.08. The number of allylic oxidation sites excluding steroid dienone is 1. The number of alkyl carbamates (subject to hydrolysis) is 1. The van der Waals surface area contributed by atoms with Crippen molar-refractivity contribution in [2.75, 3.05) is 13.1 Å². The van der Waals surface area contributed by atoms with E-state index in [1.54, 1.807) is 11.0 Å². The number of likely N-dealkylation sites (tertiary alicyclic amines) is 1. The molecule has 0 radical (unpaired) electrons. The Morgan fingerprint density at radius 2 is 1.63 bits per heavy atom. The van der Waals surface area contributed by atoms with Gasteiger partial charge in [0.25, 0.3) is 5.91 Å². The van der Waals surface area contributed by atoms with Gasteiger partial charge in [-0.15, -0.1) is 13.2 Å². The molecular weight excluding hydrogens is 584 g/mol. The lowest BCUT2D eigenvalue weighted by atomic mass is 9.87. The molecule has 250 valence electrons. The number of carbonyl (C=O) groups excluding carboxylic acids is 5. The highest BCUT2D eigenvalue weighted by Gasteiger charge is 2.47. The minimum absolute atomic E-state index is 0.0603. The summed E-state index contributed by atoms with van der Waals surface area (Å²) in [5.74, 6) is -2.71. The highest BCUT2D eigenvalue weighted by Crippen LogP contribution is 2.35. The molecule has 0 bridgehead atoms. The molecule has 1 aliphatic heterocycles. The van der Waals surface area contributed by atoms with Gasteiger partial charge in [0.1, 0.15) is 18.2 Å². The first kappa shape index (κ1) is 34.9. The van der Waals surface area contributed by atoms with Crippen LogP contribution >= 0.6 is 0 Å². The largest absolute Gasteiger partial charge is 0.446 e. The Labute approximate surface area is 272 Å². The van der Waals surface area contributed by atoms with Crippen molar-refractivity contribution in [1.29, 1.82) is 0 Å². The molecule has 1 saturated heterocycles. The predicted octanol–water partition coefficient (Wildman–Crippen LogP) is 4.02. The highest BCUT2D eigenvalue weighted by atomic mass is 16.6. The summed E-state index contributed by atoms with van der Waals surface area (Å²) in [6.45, 7) is 11.7. The lowest BCUT2D eigenvalue weighted by Crippen LogP contribution is -2.59. The normalized spacial score (nSPS) is 21.2. The molecule has 3 N–H and O–H groups in total. The number of nitrogens with zero attached hydrogens (tertiary/aromatic N) is 1. The summed E-state index contributed by atoms with van der Waals surface area (Å²) in [6.07, 6.45) is 9.49. The quantitative estimate of drug-likeness (QED) is 0.209. The van der Waals surface area contributed by atoms with Gasteiger partial charge in [-0.25, -0.2) is 4.79 Å². The third-order valence-electron chi connectivity index (χ3n) is 9.70. The van der Waals surface area contributed by atoms with E-state index in [-0.39, 0.29) is 42.7 Å². The average Bonchev–Trinajstić information content (AvgIpc) is 3.69. The van der Waals surface area contributed by atoms with Crippen molar-refractivity contribution < 1.29 is 28.7 Å². The Morgan fingerprint density at radius 3 is 2.24 bits per heavy atom. The number of fused-ring (bicyclic) bond motifs is 1. The Balaban J connectivity index is 1.57. The van der Waals surface area contributed by atoms with Crippen molar-refractivity contribution in [3.05, 3.63) is 60.7 Å². The van der Waals surface area contributed by atoms with E-state index in [9.17, 15) is 24.0 Å². The third kappa shape index (κ3) is 8.65. The van der Waals surface area contributed by atoms with E-state index < -0.39 is 41.8 Å². The smallest absolute Gasteiger partial charge is 0.408 e. The van der Waals surface area contributed by atoms with Gasteiger partial charge in [-0.3, -0.25) is 19.2 Å². The number of benzene rings is 1. The van der Waals surface area contributed by atoms with E-state index in [1.165, 1.54) is 6.08 Å². The van der Waals surface area contributed by atoms with Gasteiger partial charge in [0.15, 0.2) is 0 Å². The lowest BCUT2D eigenvalue weighted by Gasteiger charge is -2.34. The van der Waals surface area contributed by atoms with Gasteiger partial charge in [0.2, 0.25) is 17.6 Å². The Kier molecular flexibility index (Phi) is 12.6. The number of hydrogen-bond acceptors (Lipinski definition) is 6. The first-order valence-corrected chi connectivity index (χ1v) is 16.8. The van der Waals surface area contributed by atoms with Gasteiger partial charge in [-0.05, 0) is 86.7 Å². The molecule has 1 unspecified atom stereocenters. The summed E-state index contributed by atoms with van der Waals surface area (Å²) in [6, 6.07) is 5.19. The van der Waals surface area contributed by atoms with Crippen LogP contribution in [0.4, 0.5) is 4.79 Å². The van der Waals surface area contributed by atoms with E-state index in [1.807, 2.05) is 38.1 Å². The molecule has 3 aliphatic rings. The lowest BCUT2D eigenvalue weighted by molar-refractivity contribution is -0.144. The zero-order chi connectivity index (χ0) is 33.2. The molecule has 46 heavy (non-hydrogen) atoms. The second-order valence-electron chi connectivity index (χ2n) is 13.2. The van der Waals surface area contributed by atoms with Crippen molar-refractivity contribution >= 4 is 29.6 Å². The van der Waals surface area contributed by atoms with E-state index in [0.29, 0.717) is 32.2 Å². The molecule has 2 fully saturated rings. The van der Waals surface area contributed by atoms with Crippen LogP contribution < -0.4 is 16.0 Å². The fourth-order valence-corrected chi connectivity index (χ4v) is 7.20.